The minimum atomic E-state index is -0.518. The smallest absolute Gasteiger partial charge is 0.288 e. The van der Waals surface area contributed by atoms with Crippen LogP contribution in [0.5, 0.6) is 0 Å². The Bertz CT molecular complexity index is 981. The molecule has 1 aliphatic heterocycles. The number of hydrogen-bond donors (Lipinski definition) is 1. The average molecular weight is 422 g/mol. The number of nitrogens with zero attached hydrogens (tertiary/aromatic N) is 1. The van der Waals surface area contributed by atoms with Crippen molar-refractivity contribution in [2.45, 2.75) is 38.4 Å². The van der Waals surface area contributed by atoms with Crippen molar-refractivity contribution in [2.75, 3.05) is 27.3 Å². The van der Waals surface area contributed by atoms with Crippen molar-refractivity contribution in [1.29, 1.82) is 0 Å². The van der Waals surface area contributed by atoms with Crippen LogP contribution < -0.4 is 0 Å². The van der Waals surface area contributed by atoms with Crippen LogP contribution in [-0.4, -0.2) is 49.5 Å². The predicted octanol–water partition coefficient (Wildman–Crippen LogP) is 4.10. The minimum Gasteiger partial charge on any atom is -0.459 e. The Morgan fingerprint density at radius 3 is 2.68 bits per heavy atom. The Kier molecular flexibility index (Phi) is 6.44. The number of hydrogen-bond acceptors (Lipinski definition) is 4. The van der Waals surface area contributed by atoms with Crippen LogP contribution in [-0.2, 0) is 20.7 Å². The summed E-state index contributed by atoms with van der Waals surface area (Å²) in [5.41, 5.74) is 6.41. The van der Waals surface area contributed by atoms with Gasteiger partial charge in [0.05, 0.1) is 0 Å². The van der Waals surface area contributed by atoms with Gasteiger partial charge in [-0.15, -0.1) is 0 Å². The van der Waals surface area contributed by atoms with Crippen molar-refractivity contribution in [2.24, 2.45) is 5.92 Å². The van der Waals surface area contributed by atoms with Crippen molar-refractivity contribution >= 4 is 5.91 Å². The molecule has 0 saturated heterocycles. The van der Waals surface area contributed by atoms with Gasteiger partial charge in [0, 0.05) is 39.1 Å². The summed E-state index contributed by atoms with van der Waals surface area (Å²) in [6, 6.07) is 15.2. The molecule has 5 heteroatoms. The van der Waals surface area contributed by atoms with Crippen LogP contribution in [0, 0.1) is 5.92 Å². The van der Waals surface area contributed by atoms with Crippen LogP contribution in [0.4, 0.5) is 0 Å². The number of aliphatic hydroxyl groups is 1. The summed E-state index contributed by atoms with van der Waals surface area (Å²) in [5.74, 6) is 0.166. The Hall–Kier alpha value is -2.63. The number of likely N-dealkylation sites (N-methyl/N-ethyl adjacent to an activating group) is 1. The van der Waals surface area contributed by atoms with E-state index in [-0.39, 0.29) is 24.3 Å². The molecule has 0 bridgehead atoms. The van der Waals surface area contributed by atoms with Gasteiger partial charge in [-0.05, 0) is 60.1 Å². The molecule has 0 aromatic heterocycles. The average Bonchev–Trinajstić information content (AvgIpc) is 3.15. The second-order valence-corrected chi connectivity index (χ2v) is 8.48. The predicted molar refractivity (Wildman–Crippen MR) is 121 cm³/mol. The summed E-state index contributed by atoms with van der Waals surface area (Å²) in [5, 5.41) is 9.45. The van der Waals surface area contributed by atoms with Gasteiger partial charge in [0.25, 0.3) is 5.91 Å². The molecule has 0 radical (unpaired) electrons. The molecule has 4 rings (SSSR count). The highest BCUT2D eigenvalue weighted by atomic mass is 16.7. The standard InChI is InChI=1S/C26H31NO4/c1-4-30-26-22(10-7-13-28)23(16-24(31-26)25(29)27(2)3)18-11-12-21-19(15-18)14-17-8-5-6-9-20(17)21/h5-6,8-9,11-12,15-16,22-23,26,28H,4,7,10,13-14H2,1-3H3/t22-,23+,26+/m0/s1. The molecular weight excluding hydrogens is 390 g/mol. The first-order chi connectivity index (χ1) is 15.0. The Balaban J connectivity index is 1.74. The molecular formula is C26H31NO4. The fourth-order valence-corrected chi connectivity index (χ4v) is 4.73. The molecule has 2 aliphatic rings. The number of amides is 1. The topological polar surface area (TPSA) is 59.0 Å². The van der Waals surface area contributed by atoms with Crippen LogP contribution in [0.1, 0.15) is 42.4 Å². The number of aliphatic hydroxyl groups excluding tert-OH is 1. The molecule has 1 N–H and O–H groups in total. The van der Waals surface area contributed by atoms with Gasteiger partial charge in [-0.25, -0.2) is 0 Å². The molecule has 0 saturated carbocycles. The lowest BCUT2D eigenvalue weighted by molar-refractivity contribution is -0.169. The zero-order valence-electron chi connectivity index (χ0n) is 18.5. The monoisotopic (exact) mass is 421 g/mol. The highest BCUT2D eigenvalue weighted by Crippen LogP contribution is 2.43. The van der Waals surface area contributed by atoms with E-state index in [4.69, 9.17) is 9.47 Å². The van der Waals surface area contributed by atoms with Crippen molar-refractivity contribution in [3.63, 3.8) is 0 Å². The van der Waals surface area contributed by atoms with Crippen LogP contribution in [0.15, 0.2) is 54.3 Å². The number of ether oxygens (including phenoxy) is 2. The molecule has 164 valence electrons. The summed E-state index contributed by atoms with van der Waals surface area (Å²) in [7, 11) is 3.45. The van der Waals surface area contributed by atoms with Gasteiger partial charge in [0.15, 0.2) is 5.76 Å². The maximum Gasteiger partial charge on any atom is 0.288 e. The van der Waals surface area contributed by atoms with Crippen LogP contribution in [0.2, 0.25) is 0 Å². The van der Waals surface area contributed by atoms with Crippen molar-refractivity contribution in [3.8, 4) is 11.1 Å². The van der Waals surface area contributed by atoms with Crippen LogP contribution in [0.25, 0.3) is 11.1 Å². The summed E-state index contributed by atoms with van der Waals surface area (Å²) in [4.78, 5) is 14.2. The Labute approximate surface area is 184 Å². The van der Waals surface area contributed by atoms with Gasteiger partial charge in [-0.3, -0.25) is 4.79 Å². The number of carbonyl (C=O) groups is 1. The van der Waals surface area contributed by atoms with Crippen molar-refractivity contribution in [1.82, 2.24) is 4.90 Å². The largest absolute Gasteiger partial charge is 0.459 e. The van der Waals surface area contributed by atoms with Gasteiger partial charge in [0.2, 0.25) is 6.29 Å². The van der Waals surface area contributed by atoms with Gasteiger partial charge >= 0.3 is 0 Å². The molecule has 5 nitrogen and oxygen atoms in total. The first kappa shape index (κ1) is 21.6. The molecule has 2 aromatic rings. The van der Waals surface area contributed by atoms with Gasteiger partial charge in [0.1, 0.15) is 0 Å². The van der Waals surface area contributed by atoms with Crippen LogP contribution >= 0.6 is 0 Å². The van der Waals surface area contributed by atoms with E-state index in [1.165, 1.54) is 27.2 Å². The fraction of sp³-hybridized carbons (Fsp3) is 0.423. The zero-order chi connectivity index (χ0) is 22.0. The highest BCUT2D eigenvalue weighted by Gasteiger charge is 2.38. The first-order valence-electron chi connectivity index (χ1n) is 11.1. The second-order valence-electron chi connectivity index (χ2n) is 8.48. The van der Waals surface area contributed by atoms with Crippen molar-refractivity contribution in [3.05, 3.63) is 71.0 Å². The minimum absolute atomic E-state index is 0.0210. The van der Waals surface area contributed by atoms with E-state index in [1.54, 1.807) is 14.1 Å². The van der Waals surface area contributed by atoms with Gasteiger partial charge in [-0.1, -0.05) is 42.5 Å². The molecule has 2 aromatic carbocycles. The van der Waals surface area contributed by atoms with Gasteiger partial charge < -0.3 is 19.5 Å². The molecule has 1 amide bonds. The normalized spacial score (nSPS) is 21.7. The molecule has 31 heavy (non-hydrogen) atoms. The van der Waals surface area contributed by atoms with E-state index in [9.17, 15) is 9.90 Å². The lowest BCUT2D eigenvalue weighted by atomic mass is 9.79. The summed E-state index contributed by atoms with van der Waals surface area (Å²) < 4.78 is 12.0. The quantitative estimate of drug-likeness (QED) is 0.624. The lowest BCUT2D eigenvalue weighted by Crippen LogP contribution is -2.38. The third kappa shape index (κ3) is 4.25. The summed E-state index contributed by atoms with van der Waals surface area (Å²) in [6.45, 7) is 2.55. The number of allylic oxidation sites excluding steroid dienone is 1. The van der Waals surface area contributed by atoms with Crippen molar-refractivity contribution < 1.29 is 19.4 Å². The van der Waals surface area contributed by atoms with E-state index < -0.39 is 6.29 Å². The van der Waals surface area contributed by atoms with Crippen LogP contribution in [0.3, 0.4) is 0 Å². The van der Waals surface area contributed by atoms with E-state index in [0.717, 1.165) is 18.4 Å². The van der Waals surface area contributed by atoms with E-state index in [1.807, 2.05) is 13.0 Å². The molecule has 3 atom stereocenters. The van der Waals surface area contributed by atoms with E-state index in [2.05, 4.69) is 42.5 Å². The maximum absolute atomic E-state index is 12.7. The zero-order valence-corrected chi connectivity index (χ0v) is 18.5. The van der Waals surface area contributed by atoms with Gasteiger partial charge in [-0.2, -0.15) is 0 Å². The summed E-state index contributed by atoms with van der Waals surface area (Å²) in [6.07, 6.45) is 3.77. The maximum atomic E-state index is 12.7. The molecule has 0 fully saturated rings. The highest BCUT2D eigenvalue weighted by molar-refractivity contribution is 5.91. The third-order valence-corrected chi connectivity index (χ3v) is 6.23. The molecule has 0 spiro atoms. The van der Waals surface area contributed by atoms with E-state index in [0.29, 0.717) is 18.8 Å². The molecule has 1 aliphatic carbocycles. The molecule has 0 unspecified atom stereocenters. The SMILES string of the molecule is CCO[C@@H]1OC(C(=O)N(C)C)=C[C@H](c2ccc3c(c2)Cc2ccccc2-3)[C@@H]1CCCO. The Morgan fingerprint density at radius 2 is 1.94 bits per heavy atom. The van der Waals surface area contributed by atoms with E-state index >= 15 is 0 Å². The second kappa shape index (κ2) is 9.25. The number of benzene rings is 2. The third-order valence-electron chi connectivity index (χ3n) is 6.23. The number of rotatable bonds is 7. The number of fused-ring (bicyclic) bond motifs is 3. The Morgan fingerprint density at radius 1 is 1.16 bits per heavy atom. The fourth-order valence-electron chi connectivity index (χ4n) is 4.73. The lowest BCUT2D eigenvalue weighted by Gasteiger charge is -2.37. The number of carbonyl (C=O) groups excluding carboxylic acids is 1. The first-order valence-corrected chi connectivity index (χ1v) is 11.1. The molecule has 1 heterocycles. The summed E-state index contributed by atoms with van der Waals surface area (Å²) >= 11 is 0.